The first kappa shape index (κ1) is 48.4. The van der Waals surface area contributed by atoms with Crippen LogP contribution in [0, 0.1) is 5.41 Å². The molecule has 0 spiro atoms. The van der Waals surface area contributed by atoms with E-state index in [0.29, 0.717) is 56.3 Å². The summed E-state index contributed by atoms with van der Waals surface area (Å²) in [4.78, 5) is 93.0. The molecule has 15 N–H and O–H groups in total. The Labute approximate surface area is 359 Å². The molecule has 0 saturated carbocycles. The van der Waals surface area contributed by atoms with Gasteiger partial charge in [-0.25, -0.2) is 9.78 Å². The van der Waals surface area contributed by atoms with Crippen molar-refractivity contribution < 1.29 is 43.3 Å². The number of aliphatic hydroxyl groups is 1. The molecule has 25 heteroatoms. The number of primary amides is 1. The van der Waals surface area contributed by atoms with Crippen molar-refractivity contribution in [1.29, 1.82) is 5.41 Å². The van der Waals surface area contributed by atoms with Crippen LogP contribution in [0.3, 0.4) is 0 Å². The van der Waals surface area contributed by atoms with E-state index in [9.17, 15) is 38.7 Å². The first-order valence-electron chi connectivity index (χ1n) is 20.0. The molecule has 2 aromatic rings. The molecular weight excluding hydrogens is 839 g/mol. The van der Waals surface area contributed by atoms with Crippen molar-refractivity contribution in [2.75, 3.05) is 49.3 Å². The molecule has 1 unspecified atom stereocenters. The Bertz CT molecular complexity index is 1920. The number of amides is 6. The van der Waals surface area contributed by atoms with Crippen LogP contribution >= 0.6 is 23.5 Å². The second kappa shape index (κ2) is 24.2. The van der Waals surface area contributed by atoms with E-state index in [4.69, 9.17) is 32.1 Å². The van der Waals surface area contributed by atoms with Gasteiger partial charge in [0.2, 0.25) is 23.6 Å². The fraction of sp³-hybridized carbons (Fsp3) is 0.639. The number of imidazole rings is 1. The molecule has 6 amide bonds. The van der Waals surface area contributed by atoms with Gasteiger partial charge in [-0.15, -0.1) is 11.8 Å². The number of aromatic amines is 1. The van der Waals surface area contributed by atoms with Gasteiger partial charge in [-0.3, -0.25) is 34.2 Å². The fourth-order valence-electron chi connectivity index (χ4n) is 6.62. The Morgan fingerprint density at radius 1 is 1.02 bits per heavy atom. The van der Waals surface area contributed by atoms with Crippen molar-refractivity contribution in [3.05, 3.63) is 22.7 Å². The lowest BCUT2D eigenvalue weighted by molar-refractivity contribution is -0.142. The number of H-pyrrole nitrogens is 1. The van der Waals surface area contributed by atoms with E-state index in [2.05, 4.69) is 41.9 Å². The molecule has 338 valence electrons. The van der Waals surface area contributed by atoms with E-state index in [1.165, 1.54) is 6.33 Å². The Morgan fingerprint density at radius 2 is 1.77 bits per heavy atom. The number of hydrogen-bond acceptors (Lipinski definition) is 15. The summed E-state index contributed by atoms with van der Waals surface area (Å²) in [6.45, 7) is 0.717. The number of thioether (sulfide) groups is 2. The Balaban J connectivity index is 1.09. The minimum absolute atomic E-state index is 0.0300. The summed E-state index contributed by atoms with van der Waals surface area (Å²) in [6.07, 6.45) is 6.45. The lowest BCUT2D eigenvalue weighted by Crippen LogP contribution is -2.54. The largest absolute Gasteiger partial charge is 0.463 e. The van der Waals surface area contributed by atoms with Crippen LogP contribution in [0.25, 0.3) is 11.0 Å². The normalized spacial score (nSPS) is 18.9. The van der Waals surface area contributed by atoms with Crippen LogP contribution in [-0.2, 0) is 40.2 Å². The number of rotatable bonds is 28. The molecule has 2 aliphatic rings. The first-order valence-corrected chi connectivity index (χ1v) is 22.2. The van der Waals surface area contributed by atoms with Gasteiger partial charge >= 0.3 is 12.0 Å². The minimum Gasteiger partial charge on any atom is -0.463 e. The Morgan fingerprint density at radius 3 is 2.54 bits per heavy atom. The fourth-order valence-corrected chi connectivity index (χ4v) is 9.01. The third-order valence-electron chi connectivity index (χ3n) is 9.73. The van der Waals surface area contributed by atoms with Crippen molar-refractivity contribution in [2.24, 2.45) is 11.5 Å². The van der Waals surface area contributed by atoms with Crippen LogP contribution < -0.4 is 54.7 Å². The molecule has 5 atom stereocenters. The number of urea groups is 1. The first-order chi connectivity index (χ1) is 29.1. The molecule has 2 aliphatic heterocycles. The highest BCUT2D eigenvalue weighted by molar-refractivity contribution is 8.00. The quantitative estimate of drug-likeness (QED) is 0.0144. The maximum atomic E-state index is 13.3. The van der Waals surface area contributed by atoms with Crippen molar-refractivity contribution in [1.82, 2.24) is 46.4 Å². The number of nitrogens with two attached hydrogens (primary N) is 3. The van der Waals surface area contributed by atoms with Crippen molar-refractivity contribution >= 4 is 82.0 Å². The van der Waals surface area contributed by atoms with Gasteiger partial charge < -0.3 is 73.2 Å². The highest BCUT2D eigenvalue weighted by Crippen LogP contribution is 2.38. The number of hydrogen-bond donors (Lipinski definition) is 12. The molecule has 2 aromatic heterocycles. The Hall–Kier alpha value is -5.27. The molecule has 61 heavy (non-hydrogen) atoms. The van der Waals surface area contributed by atoms with Crippen molar-refractivity contribution in [2.45, 2.75) is 100 Å². The highest BCUT2D eigenvalue weighted by atomic mass is 32.2. The Kier molecular flexibility index (Phi) is 19.2. The highest BCUT2D eigenvalue weighted by Gasteiger charge is 2.53. The number of pyridine rings is 1. The average Bonchev–Trinajstić information content (AvgIpc) is 3.84. The standard InChI is InChI=1S/C36H57N13O10S2/c37-25-15-23-29(33(55)46-25)43-19-49(23)20-58-13-14-59-28(52)17-60-16-22(31(38)53)45-32(54)21(7-6-12-42-34(39)40)44-27(51)10-2-1-5-11-41-26(50)9-4-3-8-24-30-36(57,18-61-24)48-35(56)47-30/h15,19,21-22,24,30,57H,1-14,16-18,20H2,(H2,38,53)(H,41,50)(H,44,51)(H,45,54)(H3,37,46,55)(H4,39,40,42)(H2,47,48,56)/t21?,22-,24-,30+,36+/m0/s1. The van der Waals surface area contributed by atoms with Gasteiger partial charge in [-0.1, -0.05) is 12.8 Å². The van der Waals surface area contributed by atoms with Gasteiger partial charge in [0.05, 0.1) is 30.2 Å². The smallest absolute Gasteiger partial charge is 0.317 e. The number of nitrogens with one attached hydrogen (secondary N) is 8. The molecule has 2 fully saturated rings. The maximum absolute atomic E-state index is 13.3. The number of carbonyl (C=O) groups excluding carboxylic acids is 6. The SMILES string of the molecule is N=C(N)NCCCC(NC(=O)CCCCCNC(=O)CCCC[C@@H]1SC[C@]2(O)NC(=O)N[C@H]12)C(=O)N[C@@H](CSCC(=O)OCCOCn1cnc2c(=O)[nH]c(N)cc21)C(N)=O. The van der Waals surface area contributed by atoms with Gasteiger partial charge in [-0.05, 0) is 38.5 Å². The predicted octanol–water partition coefficient (Wildman–Crippen LogP) is -2.00. The van der Waals surface area contributed by atoms with Crippen LogP contribution in [0.1, 0.15) is 64.2 Å². The van der Waals surface area contributed by atoms with Crippen molar-refractivity contribution in [3.63, 3.8) is 0 Å². The number of nitrogen functional groups attached to an aromatic ring is 1. The van der Waals surface area contributed by atoms with Gasteiger partial charge in [-0.2, -0.15) is 11.8 Å². The zero-order valence-corrected chi connectivity index (χ0v) is 35.4. The lowest BCUT2D eigenvalue weighted by atomic mass is 10.00. The molecule has 4 rings (SSSR count). The number of guanidine groups is 1. The predicted molar refractivity (Wildman–Crippen MR) is 228 cm³/mol. The van der Waals surface area contributed by atoms with Crippen molar-refractivity contribution in [3.8, 4) is 0 Å². The second-order valence-electron chi connectivity index (χ2n) is 14.6. The van der Waals surface area contributed by atoms with Crippen LogP contribution in [-0.4, -0.2) is 134 Å². The van der Waals surface area contributed by atoms with Gasteiger partial charge in [0.1, 0.15) is 31.2 Å². The molecule has 2 saturated heterocycles. The summed E-state index contributed by atoms with van der Waals surface area (Å²) >= 11 is 2.62. The summed E-state index contributed by atoms with van der Waals surface area (Å²) in [7, 11) is 0. The zero-order chi connectivity index (χ0) is 44.4. The maximum Gasteiger partial charge on any atom is 0.317 e. The molecule has 4 heterocycles. The molecule has 23 nitrogen and oxygen atoms in total. The number of fused-ring (bicyclic) bond motifs is 2. The molecule has 0 bridgehead atoms. The van der Waals surface area contributed by atoms with E-state index in [1.807, 2.05) is 0 Å². The van der Waals surface area contributed by atoms with Crippen LogP contribution in [0.15, 0.2) is 17.2 Å². The number of esters is 1. The number of ether oxygens (including phenoxy) is 2. The monoisotopic (exact) mass is 895 g/mol. The minimum atomic E-state index is -1.21. The number of carbonyl (C=O) groups is 6. The summed E-state index contributed by atoms with van der Waals surface area (Å²) in [6, 6.07) is -1.34. The van der Waals surface area contributed by atoms with Gasteiger partial charge in [0.25, 0.3) is 5.56 Å². The third kappa shape index (κ3) is 15.9. The van der Waals surface area contributed by atoms with Crippen LogP contribution in [0.4, 0.5) is 10.6 Å². The topological polar surface area (TPSA) is 366 Å². The van der Waals surface area contributed by atoms with E-state index in [-0.39, 0.29) is 97.3 Å². The second-order valence-corrected chi connectivity index (χ2v) is 16.9. The van der Waals surface area contributed by atoms with E-state index in [0.717, 1.165) is 24.6 Å². The average molecular weight is 896 g/mol. The lowest BCUT2D eigenvalue weighted by Gasteiger charge is -2.22. The third-order valence-corrected chi connectivity index (χ3v) is 12.3. The van der Waals surface area contributed by atoms with E-state index in [1.54, 1.807) is 22.4 Å². The van der Waals surface area contributed by atoms with E-state index < -0.39 is 41.2 Å². The molecule has 0 aliphatic carbocycles. The summed E-state index contributed by atoms with van der Waals surface area (Å²) < 4.78 is 12.3. The molecular formula is C36H57N13O10S2. The molecule has 0 radical (unpaired) electrons. The summed E-state index contributed by atoms with van der Waals surface area (Å²) in [5, 5.41) is 34.1. The molecule has 0 aromatic carbocycles. The number of unbranched alkanes of at least 4 members (excludes halogenated alkanes) is 3. The number of aromatic nitrogens is 3. The van der Waals surface area contributed by atoms with Gasteiger partial charge in [0, 0.05) is 48.8 Å². The number of nitrogens with zero attached hydrogens (tertiary/aromatic N) is 2. The van der Waals surface area contributed by atoms with E-state index >= 15 is 0 Å². The van der Waals surface area contributed by atoms with Crippen LogP contribution in [0.5, 0.6) is 0 Å². The van der Waals surface area contributed by atoms with Gasteiger partial charge in [0.15, 0.2) is 17.2 Å². The zero-order valence-electron chi connectivity index (χ0n) is 33.8. The van der Waals surface area contributed by atoms with Crippen LogP contribution in [0.2, 0.25) is 0 Å². The summed E-state index contributed by atoms with van der Waals surface area (Å²) in [5.74, 6) is -2.37. The number of anilines is 1. The summed E-state index contributed by atoms with van der Waals surface area (Å²) in [5.41, 5.74) is 15.6.